The maximum Gasteiger partial charge on any atom is 0.191 e. The summed E-state index contributed by atoms with van der Waals surface area (Å²) < 4.78 is 0. The predicted molar refractivity (Wildman–Crippen MR) is 124 cm³/mol. The summed E-state index contributed by atoms with van der Waals surface area (Å²) in [6.45, 7) is 16.1. The van der Waals surface area contributed by atoms with Crippen LogP contribution in [0.4, 0.5) is 0 Å². The number of guanidine groups is 1. The smallest absolute Gasteiger partial charge is 0.191 e. The van der Waals surface area contributed by atoms with Crippen LogP contribution in [0.3, 0.4) is 0 Å². The Kier molecular flexibility index (Phi) is 10.4. The molecule has 1 unspecified atom stereocenters. The summed E-state index contributed by atoms with van der Waals surface area (Å²) in [4.78, 5) is 13.1. The molecule has 0 amide bonds. The van der Waals surface area contributed by atoms with Crippen LogP contribution in [0.25, 0.3) is 0 Å². The average Bonchev–Trinajstić information content (AvgIpc) is 3.05. The molecular weight excluding hydrogens is 457 g/mol. The molecular formula is C19H36IN5S. The van der Waals surface area contributed by atoms with Gasteiger partial charge in [-0.3, -0.25) is 4.90 Å². The monoisotopic (exact) mass is 493 g/mol. The standard InChI is InChI=1S/C19H35N5S.HI/c1-6-16-11-21-17(25-16)12-22-18(20-7-2)23-14-19(4,5)24-10-8-9-15(3)13-24;/h11,15H,6-10,12-14H2,1-5H3,(H2,20,22,23);1H. The SMILES string of the molecule is CCNC(=NCc1ncc(CC)s1)NCC(C)(C)N1CCCC(C)C1.I. The quantitative estimate of drug-likeness (QED) is 0.344. The van der Waals surface area contributed by atoms with Crippen molar-refractivity contribution in [2.45, 2.75) is 66.0 Å². The average molecular weight is 494 g/mol. The first-order valence-electron chi connectivity index (χ1n) is 9.65. The zero-order valence-electron chi connectivity index (χ0n) is 17.0. The number of thiazole rings is 1. The van der Waals surface area contributed by atoms with Gasteiger partial charge in [-0.25, -0.2) is 9.98 Å². The molecule has 1 aliphatic rings. The van der Waals surface area contributed by atoms with Crippen LogP contribution >= 0.6 is 35.3 Å². The van der Waals surface area contributed by atoms with E-state index >= 15 is 0 Å². The molecule has 0 spiro atoms. The van der Waals surface area contributed by atoms with Crippen LogP contribution in [0.2, 0.25) is 0 Å². The number of hydrogen-bond donors (Lipinski definition) is 2. The van der Waals surface area contributed by atoms with Crippen LogP contribution < -0.4 is 10.6 Å². The Morgan fingerprint density at radius 1 is 1.38 bits per heavy atom. The summed E-state index contributed by atoms with van der Waals surface area (Å²) in [5.41, 5.74) is 0.126. The van der Waals surface area contributed by atoms with Gasteiger partial charge in [-0.05, 0) is 52.5 Å². The molecule has 2 rings (SSSR count). The van der Waals surface area contributed by atoms with Gasteiger partial charge in [0.15, 0.2) is 5.96 Å². The highest BCUT2D eigenvalue weighted by Crippen LogP contribution is 2.23. The van der Waals surface area contributed by atoms with Crippen molar-refractivity contribution >= 4 is 41.3 Å². The number of aryl methyl sites for hydroxylation is 1. The molecule has 1 saturated heterocycles. The summed E-state index contributed by atoms with van der Waals surface area (Å²) in [6, 6.07) is 0. The lowest BCUT2D eigenvalue weighted by molar-refractivity contribution is 0.0739. The van der Waals surface area contributed by atoms with Gasteiger partial charge in [0, 0.05) is 36.2 Å². The third-order valence-corrected chi connectivity index (χ3v) is 5.99. The second-order valence-corrected chi connectivity index (χ2v) is 8.83. The molecule has 1 aliphatic heterocycles. The Balaban J connectivity index is 0.00000338. The van der Waals surface area contributed by atoms with Crippen LogP contribution in [0.15, 0.2) is 11.2 Å². The molecule has 26 heavy (non-hydrogen) atoms. The van der Waals surface area contributed by atoms with Gasteiger partial charge < -0.3 is 10.6 Å². The number of halogens is 1. The number of likely N-dealkylation sites (tertiary alicyclic amines) is 1. The van der Waals surface area contributed by atoms with Crippen molar-refractivity contribution in [2.24, 2.45) is 10.9 Å². The maximum atomic E-state index is 4.72. The molecule has 1 aromatic heterocycles. The number of rotatable bonds is 7. The van der Waals surface area contributed by atoms with Crippen molar-refractivity contribution in [3.63, 3.8) is 0 Å². The van der Waals surface area contributed by atoms with Crippen LogP contribution in [0, 0.1) is 5.92 Å². The van der Waals surface area contributed by atoms with Gasteiger partial charge in [0.1, 0.15) is 5.01 Å². The largest absolute Gasteiger partial charge is 0.357 e. The molecule has 0 aromatic carbocycles. The number of piperidine rings is 1. The highest BCUT2D eigenvalue weighted by Gasteiger charge is 2.30. The summed E-state index contributed by atoms with van der Waals surface area (Å²) in [5, 5.41) is 7.97. The first-order valence-corrected chi connectivity index (χ1v) is 10.5. The van der Waals surface area contributed by atoms with Gasteiger partial charge in [-0.2, -0.15) is 0 Å². The van der Waals surface area contributed by atoms with Gasteiger partial charge in [0.25, 0.3) is 0 Å². The van der Waals surface area contributed by atoms with E-state index in [4.69, 9.17) is 4.99 Å². The summed E-state index contributed by atoms with van der Waals surface area (Å²) in [6.07, 6.45) is 5.68. The molecule has 7 heteroatoms. The van der Waals surface area contributed by atoms with E-state index in [0.717, 1.165) is 36.4 Å². The van der Waals surface area contributed by atoms with Crippen molar-refractivity contribution < 1.29 is 0 Å². The minimum atomic E-state index is 0. The molecule has 150 valence electrons. The van der Waals surface area contributed by atoms with Gasteiger partial charge in [0.05, 0.1) is 6.54 Å². The molecule has 2 N–H and O–H groups in total. The van der Waals surface area contributed by atoms with Crippen LogP contribution in [0.5, 0.6) is 0 Å². The van der Waals surface area contributed by atoms with E-state index in [1.807, 2.05) is 6.20 Å². The van der Waals surface area contributed by atoms with Crippen LogP contribution in [0.1, 0.15) is 57.3 Å². The van der Waals surface area contributed by atoms with Crippen molar-refractivity contribution in [3.05, 3.63) is 16.1 Å². The first-order chi connectivity index (χ1) is 11.9. The number of aromatic nitrogens is 1. The lowest BCUT2D eigenvalue weighted by Gasteiger charge is -2.43. The van der Waals surface area contributed by atoms with Gasteiger partial charge >= 0.3 is 0 Å². The number of hydrogen-bond acceptors (Lipinski definition) is 4. The van der Waals surface area contributed by atoms with Crippen molar-refractivity contribution in [1.29, 1.82) is 0 Å². The van der Waals surface area contributed by atoms with E-state index in [1.54, 1.807) is 11.3 Å². The molecule has 0 saturated carbocycles. The molecule has 1 aromatic rings. The number of nitrogens with one attached hydrogen (secondary N) is 2. The lowest BCUT2D eigenvalue weighted by atomic mass is 9.93. The normalized spacial score (nSPS) is 19.1. The molecule has 5 nitrogen and oxygen atoms in total. The van der Waals surface area contributed by atoms with Gasteiger partial charge in [-0.1, -0.05) is 13.8 Å². The minimum Gasteiger partial charge on any atom is -0.357 e. The second-order valence-electron chi connectivity index (χ2n) is 7.63. The fourth-order valence-electron chi connectivity index (χ4n) is 3.22. The Morgan fingerprint density at radius 3 is 2.77 bits per heavy atom. The Bertz CT molecular complexity index is 558. The maximum absolute atomic E-state index is 4.72. The van der Waals surface area contributed by atoms with Crippen LogP contribution in [-0.2, 0) is 13.0 Å². The summed E-state index contributed by atoms with van der Waals surface area (Å²) in [7, 11) is 0. The second kappa shape index (κ2) is 11.4. The Hall–Kier alpha value is -0.410. The van der Waals surface area contributed by atoms with E-state index in [9.17, 15) is 0 Å². The molecule has 1 atom stereocenters. The molecule has 0 bridgehead atoms. The summed E-state index contributed by atoms with van der Waals surface area (Å²) in [5.74, 6) is 1.68. The fourth-order valence-corrected chi connectivity index (χ4v) is 4.01. The van der Waals surface area contributed by atoms with E-state index in [0.29, 0.717) is 6.54 Å². The third kappa shape index (κ3) is 7.31. The van der Waals surface area contributed by atoms with E-state index in [1.165, 1.54) is 30.8 Å². The van der Waals surface area contributed by atoms with E-state index < -0.39 is 0 Å². The Labute approximate surface area is 180 Å². The topological polar surface area (TPSA) is 52.6 Å². The minimum absolute atomic E-state index is 0. The van der Waals surface area contributed by atoms with Gasteiger partial charge in [0.2, 0.25) is 0 Å². The first kappa shape index (κ1) is 23.6. The van der Waals surface area contributed by atoms with E-state index in [2.05, 4.69) is 55.1 Å². The highest BCUT2D eigenvalue weighted by molar-refractivity contribution is 14.0. The Morgan fingerprint density at radius 2 is 2.15 bits per heavy atom. The highest BCUT2D eigenvalue weighted by atomic mass is 127. The zero-order chi connectivity index (χ0) is 18.3. The van der Waals surface area contributed by atoms with Crippen molar-refractivity contribution in [2.75, 3.05) is 26.2 Å². The molecule has 1 fully saturated rings. The fraction of sp³-hybridized carbons (Fsp3) is 0.789. The molecule has 0 aliphatic carbocycles. The summed E-state index contributed by atoms with van der Waals surface area (Å²) >= 11 is 1.76. The van der Waals surface area contributed by atoms with Crippen molar-refractivity contribution in [3.8, 4) is 0 Å². The van der Waals surface area contributed by atoms with Crippen molar-refractivity contribution in [1.82, 2.24) is 20.5 Å². The molecule has 0 radical (unpaired) electrons. The molecule has 2 heterocycles. The number of aliphatic imine (C=N–C) groups is 1. The zero-order valence-corrected chi connectivity index (χ0v) is 20.1. The third-order valence-electron chi connectivity index (χ3n) is 4.87. The predicted octanol–water partition coefficient (Wildman–Crippen LogP) is 3.89. The lowest BCUT2D eigenvalue weighted by Crippen LogP contribution is -2.55. The number of nitrogens with zero attached hydrogens (tertiary/aromatic N) is 3. The van der Waals surface area contributed by atoms with E-state index in [-0.39, 0.29) is 29.5 Å². The van der Waals surface area contributed by atoms with Crippen LogP contribution in [-0.4, -0.2) is 47.6 Å². The van der Waals surface area contributed by atoms with Gasteiger partial charge in [-0.15, -0.1) is 35.3 Å².